The Balaban J connectivity index is 1.35. The van der Waals surface area contributed by atoms with Gasteiger partial charge >= 0.3 is 0 Å². The van der Waals surface area contributed by atoms with Gasteiger partial charge in [-0.15, -0.1) is 0 Å². The standard InChI is InChI=1S/C45H64O9S/c1-28(25-49-26-35-17-13-11-14-18-35)40-30(3)42(54-45(8,9)53-40)32(5)44(55(47)38-19-15-12-16-20-38)39(46)43-31(4)41(51-34(7)52-43)29(2)33(6)50-27-36-21-23-37(48-10)24-22-36/h11-24,28-34,39-44,46H,25-27H2,1-10H3/t28-,29-,30-,31+,32?,33+,34?,39?,40+,41-,42+,43+,44?,55?/m0/s1. The van der Waals surface area contributed by atoms with Gasteiger partial charge in [0.1, 0.15) is 5.75 Å². The Hall–Kier alpha value is -2.67. The lowest BCUT2D eigenvalue weighted by molar-refractivity contribution is -0.337. The Labute approximate surface area is 331 Å². The molecule has 2 aliphatic heterocycles. The Morgan fingerprint density at radius 3 is 1.93 bits per heavy atom. The van der Waals surface area contributed by atoms with Crippen LogP contribution in [0.15, 0.2) is 89.8 Å². The summed E-state index contributed by atoms with van der Waals surface area (Å²) >= 11 is 0. The minimum Gasteiger partial charge on any atom is -0.497 e. The fourth-order valence-corrected chi connectivity index (χ4v) is 10.0. The number of hydrogen-bond donors (Lipinski definition) is 1. The van der Waals surface area contributed by atoms with Crippen LogP contribution in [0.25, 0.3) is 0 Å². The highest BCUT2D eigenvalue weighted by Crippen LogP contribution is 2.42. The van der Waals surface area contributed by atoms with E-state index >= 15 is 0 Å². The molecule has 3 aromatic carbocycles. The number of benzene rings is 3. The van der Waals surface area contributed by atoms with E-state index in [-0.39, 0.29) is 54.0 Å². The summed E-state index contributed by atoms with van der Waals surface area (Å²) in [6.45, 7) is 19.7. The minimum absolute atomic E-state index is 0.0317. The molecule has 0 radical (unpaired) electrons. The molecule has 5 rings (SSSR count). The Morgan fingerprint density at radius 1 is 0.727 bits per heavy atom. The molecule has 14 atom stereocenters. The van der Waals surface area contributed by atoms with Gasteiger partial charge in [-0.25, -0.2) is 0 Å². The predicted octanol–water partition coefficient (Wildman–Crippen LogP) is 8.19. The van der Waals surface area contributed by atoms with E-state index in [4.69, 9.17) is 33.2 Å². The summed E-state index contributed by atoms with van der Waals surface area (Å²) in [5, 5.41) is 11.9. The maximum absolute atomic E-state index is 14.8. The van der Waals surface area contributed by atoms with E-state index in [1.165, 1.54) is 0 Å². The Kier molecular flexibility index (Phi) is 15.5. The summed E-state index contributed by atoms with van der Waals surface area (Å²) in [6, 6.07) is 27.4. The molecule has 0 amide bonds. The molecule has 1 N–H and O–H groups in total. The first-order chi connectivity index (χ1) is 26.2. The van der Waals surface area contributed by atoms with E-state index in [1.807, 2.05) is 107 Å². The highest BCUT2D eigenvalue weighted by Gasteiger charge is 2.52. The van der Waals surface area contributed by atoms with Crippen LogP contribution in [0.5, 0.6) is 5.75 Å². The average Bonchev–Trinajstić information content (AvgIpc) is 3.18. The quantitative estimate of drug-likeness (QED) is 0.145. The maximum atomic E-state index is 14.8. The topological polar surface area (TPSA) is 102 Å². The van der Waals surface area contributed by atoms with Gasteiger partial charge in [0.25, 0.3) is 0 Å². The molecule has 2 aliphatic rings. The first-order valence-corrected chi connectivity index (χ1v) is 21.1. The molecule has 55 heavy (non-hydrogen) atoms. The SMILES string of the molecule is COc1ccc(CO[C@H](C)[C@H](C)[C@@H]2OC(C)O[C@@H](C(O)C(C(C)[C@@H]3OC(C)(C)O[C@H]([C@@H](C)COCc4ccccc4)[C@@H]3C)S(=O)c3ccccc3)[C@@H]2C)cc1. The molecule has 304 valence electrons. The van der Waals surface area contributed by atoms with Gasteiger partial charge in [-0.2, -0.15) is 0 Å². The first-order valence-electron chi connectivity index (χ1n) is 19.9. The Bertz CT molecular complexity index is 1610. The van der Waals surface area contributed by atoms with Gasteiger partial charge in [-0.1, -0.05) is 95.3 Å². The molecule has 0 spiro atoms. The summed E-state index contributed by atoms with van der Waals surface area (Å²) in [6.07, 6.45) is -3.36. The third kappa shape index (κ3) is 11.0. The molecule has 2 saturated heterocycles. The van der Waals surface area contributed by atoms with Crippen molar-refractivity contribution in [1.29, 1.82) is 0 Å². The van der Waals surface area contributed by atoms with Gasteiger partial charge in [0, 0.05) is 34.5 Å². The fraction of sp³-hybridized carbons (Fsp3) is 0.600. The minimum atomic E-state index is -1.61. The summed E-state index contributed by atoms with van der Waals surface area (Å²) in [5.41, 5.74) is 2.17. The van der Waals surface area contributed by atoms with E-state index in [0.717, 1.165) is 16.9 Å². The van der Waals surface area contributed by atoms with Crippen molar-refractivity contribution in [3.8, 4) is 5.75 Å². The third-order valence-electron chi connectivity index (χ3n) is 11.5. The lowest BCUT2D eigenvalue weighted by Crippen LogP contribution is -2.60. The maximum Gasteiger partial charge on any atom is 0.163 e. The van der Waals surface area contributed by atoms with Gasteiger partial charge < -0.3 is 38.3 Å². The van der Waals surface area contributed by atoms with Crippen LogP contribution in [0.4, 0.5) is 0 Å². The van der Waals surface area contributed by atoms with E-state index in [1.54, 1.807) is 7.11 Å². The second kappa shape index (κ2) is 19.7. The molecule has 0 aliphatic carbocycles. The van der Waals surface area contributed by atoms with Gasteiger partial charge in [0.05, 0.1) is 79.6 Å². The summed E-state index contributed by atoms with van der Waals surface area (Å²) < 4.78 is 58.8. The number of aliphatic hydroxyl groups is 1. The van der Waals surface area contributed by atoms with Crippen LogP contribution in [-0.4, -0.2) is 77.0 Å². The monoisotopic (exact) mass is 780 g/mol. The predicted molar refractivity (Wildman–Crippen MR) is 215 cm³/mol. The molecule has 2 fully saturated rings. The molecule has 5 unspecified atom stereocenters. The van der Waals surface area contributed by atoms with Crippen molar-refractivity contribution in [2.45, 2.75) is 134 Å². The lowest BCUT2D eigenvalue weighted by atomic mass is 9.78. The summed E-state index contributed by atoms with van der Waals surface area (Å²) in [7, 11) is 0.0460. The smallest absolute Gasteiger partial charge is 0.163 e. The largest absolute Gasteiger partial charge is 0.497 e. The van der Waals surface area contributed by atoms with E-state index < -0.39 is 40.3 Å². The molecule has 0 bridgehead atoms. The fourth-order valence-electron chi connectivity index (χ4n) is 8.33. The zero-order valence-corrected chi connectivity index (χ0v) is 35.1. The van der Waals surface area contributed by atoms with E-state index in [9.17, 15) is 9.32 Å². The molecular weight excluding hydrogens is 717 g/mol. The van der Waals surface area contributed by atoms with Crippen LogP contribution in [0.3, 0.4) is 0 Å². The van der Waals surface area contributed by atoms with Crippen LogP contribution in [0, 0.1) is 29.6 Å². The van der Waals surface area contributed by atoms with Gasteiger partial charge in [-0.3, -0.25) is 4.21 Å². The highest BCUT2D eigenvalue weighted by molar-refractivity contribution is 7.85. The normalized spacial score (nSPS) is 29.3. The third-order valence-corrected chi connectivity index (χ3v) is 13.5. The van der Waals surface area contributed by atoms with Crippen molar-refractivity contribution in [2.24, 2.45) is 29.6 Å². The number of rotatable bonds is 17. The second-order valence-electron chi connectivity index (χ2n) is 16.2. The van der Waals surface area contributed by atoms with Crippen molar-refractivity contribution >= 4 is 10.8 Å². The molecule has 10 heteroatoms. The molecule has 2 heterocycles. The van der Waals surface area contributed by atoms with Gasteiger partial charge in [-0.05, 0) is 63.1 Å². The van der Waals surface area contributed by atoms with Crippen molar-refractivity contribution in [1.82, 2.24) is 0 Å². The zero-order valence-electron chi connectivity index (χ0n) is 34.3. The average molecular weight is 781 g/mol. The molecule has 9 nitrogen and oxygen atoms in total. The number of hydrogen-bond acceptors (Lipinski definition) is 9. The van der Waals surface area contributed by atoms with Crippen LogP contribution in [0.2, 0.25) is 0 Å². The number of aliphatic hydroxyl groups excluding tert-OH is 1. The van der Waals surface area contributed by atoms with Gasteiger partial charge in [0.2, 0.25) is 0 Å². The summed E-state index contributed by atoms with van der Waals surface area (Å²) in [4.78, 5) is 0.648. The summed E-state index contributed by atoms with van der Waals surface area (Å²) in [5.74, 6) is -0.780. The second-order valence-corrected chi connectivity index (χ2v) is 17.8. The number of methoxy groups -OCH3 is 1. The zero-order chi connectivity index (χ0) is 39.9. The van der Waals surface area contributed by atoms with Crippen LogP contribution in [-0.2, 0) is 52.4 Å². The first kappa shape index (κ1) is 43.5. The van der Waals surface area contributed by atoms with Crippen molar-refractivity contribution in [3.05, 3.63) is 96.1 Å². The molecule has 3 aromatic rings. The van der Waals surface area contributed by atoms with Crippen LogP contribution >= 0.6 is 0 Å². The molecular formula is C45H64O9S. The van der Waals surface area contributed by atoms with Crippen molar-refractivity contribution in [3.63, 3.8) is 0 Å². The van der Waals surface area contributed by atoms with Crippen molar-refractivity contribution in [2.75, 3.05) is 13.7 Å². The highest BCUT2D eigenvalue weighted by atomic mass is 32.2. The molecule has 0 saturated carbocycles. The van der Waals surface area contributed by atoms with Crippen LogP contribution < -0.4 is 4.74 Å². The molecule has 0 aromatic heterocycles. The van der Waals surface area contributed by atoms with Gasteiger partial charge in [0.15, 0.2) is 12.1 Å². The van der Waals surface area contributed by atoms with Crippen LogP contribution in [0.1, 0.15) is 73.4 Å². The number of ether oxygens (including phenoxy) is 7. The van der Waals surface area contributed by atoms with E-state index in [0.29, 0.717) is 24.7 Å². The van der Waals surface area contributed by atoms with E-state index in [2.05, 4.69) is 39.8 Å². The lowest BCUT2D eigenvalue weighted by Gasteiger charge is -2.51. The Morgan fingerprint density at radius 2 is 1.29 bits per heavy atom. The van der Waals surface area contributed by atoms with Crippen molar-refractivity contribution < 1.29 is 42.5 Å².